The van der Waals surface area contributed by atoms with Crippen molar-refractivity contribution < 1.29 is 4.79 Å². The van der Waals surface area contributed by atoms with Crippen molar-refractivity contribution in [3.05, 3.63) is 12.2 Å². The van der Waals surface area contributed by atoms with Crippen molar-refractivity contribution in [2.24, 2.45) is 0 Å². The molecule has 2 N–H and O–H groups in total. The quantitative estimate of drug-likeness (QED) is 0.663. The molecule has 1 amide bonds. The second-order valence-corrected chi connectivity index (χ2v) is 2.99. The minimum absolute atomic E-state index is 0.0446. The maximum Gasteiger partial charge on any atom is 0.246 e. The molecule has 0 saturated carbocycles. The maximum atomic E-state index is 10.7. The van der Waals surface area contributed by atoms with Crippen molar-refractivity contribution in [2.75, 3.05) is 19.6 Å². The Bertz CT molecular complexity index is 153. The molecule has 14 heavy (non-hydrogen) atoms. The molecule has 0 aliphatic heterocycles. The molecule has 84 valence electrons. The first-order valence-electron chi connectivity index (χ1n) is 5.24. The van der Waals surface area contributed by atoms with Crippen LogP contribution >= 0.6 is 0 Å². The van der Waals surface area contributed by atoms with Crippen molar-refractivity contribution in [2.45, 2.75) is 34.1 Å². The van der Waals surface area contributed by atoms with Gasteiger partial charge in [0.05, 0.1) is 0 Å². The van der Waals surface area contributed by atoms with Crippen molar-refractivity contribution in [3.8, 4) is 0 Å². The SMILES string of the molecule is C=C(C)C(=O)NCCC.CCNCC. The molecule has 0 aromatic heterocycles. The molecule has 0 aromatic carbocycles. The molecule has 0 aromatic rings. The van der Waals surface area contributed by atoms with Gasteiger partial charge in [0.2, 0.25) is 5.91 Å². The van der Waals surface area contributed by atoms with Crippen LogP contribution in [0.25, 0.3) is 0 Å². The lowest BCUT2D eigenvalue weighted by Crippen LogP contribution is -2.24. The fourth-order valence-corrected chi connectivity index (χ4v) is 0.639. The van der Waals surface area contributed by atoms with Crippen molar-refractivity contribution in [1.29, 1.82) is 0 Å². The standard InChI is InChI=1S/C7H13NO.C4H11N/c1-4-5-8-7(9)6(2)3;1-3-5-4-2/h2,4-5H2,1,3H3,(H,8,9);5H,3-4H2,1-2H3. The number of carbonyl (C=O) groups is 1. The zero-order valence-corrected chi connectivity index (χ0v) is 9.94. The van der Waals surface area contributed by atoms with Crippen molar-refractivity contribution in [1.82, 2.24) is 10.6 Å². The van der Waals surface area contributed by atoms with Crippen LogP contribution in [-0.2, 0) is 4.79 Å². The van der Waals surface area contributed by atoms with Crippen LogP contribution in [-0.4, -0.2) is 25.5 Å². The predicted octanol–water partition coefficient (Wildman–Crippen LogP) is 1.70. The summed E-state index contributed by atoms with van der Waals surface area (Å²) in [6.07, 6.45) is 0.971. The fraction of sp³-hybridized carbons (Fsp3) is 0.727. The Balaban J connectivity index is 0. The third-order valence-corrected chi connectivity index (χ3v) is 1.42. The lowest BCUT2D eigenvalue weighted by molar-refractivity contribution is -0.117. The average molecular weight is 200 g/mol. The van der Waals surface area contributed by atoms with Gasteiger partial charge in [0.25, 0.3) is 0 Å². The molecule has 0 radical (unpaired) electrons. The molecule has 0 unspecified atom stereocenters. The topological polar surface area (TPSA) is 41.1 Å². The van der Waals surface area contributed by atoms with Crippen LogP contribution in [0.5, 0.6) is 0 Å². The van der Waals surface area contributed by atoms with E-state index in [2.05, 4.69) is 31.1 Å². The molecule has 0 aliphatic carbocycles. The molecule has 0 saturated heterocycles. The largest absolute Gasteiger partial charge is 0.352 e. The molecule has 0 heterocycles. The Labute approximate surface area is 88.0 Å². The Kier molecular flexibility index (Phi) is 13.6. The van der Waals surface area contributed by atoms with E-state index in [1.54, 1.807) is 6.92 Å². The van der Waals surface area contributed by atoms with Gasteiger partial charge in [-0.2, -0.15) is 0 Å². The average Bonchev–Trinajstić information content (AvgIpc) is 2.16. The van der Waals surface area contributed by atoms with Gasteiger partial charge < -0.3 is 10.6 Å². The third-order valence-electron chi connectivity index (χ3n) is 1.42. The van der Waals surface area contributed by atoms with Gasteiger partial charge in [-0.05, 0) is 26.4 Å². The number of amides is 1. The molecule has 3 nitrogen and oxygen atoms in total. The lowest BCUT2D eigenvalue weighted by Gasteiger charge is -1.99. The molecule has 0 aliphatic rings. The molecule has 0 rings (SSSR count). The molecule has 0 spiro atoms. The highest BCUT2D eigenvalue weighted by Gasteiger charge is 1.96. The van der Waals surface area contributed by atoms with Gasteiger partial charge in [-0.1, -0.05) is 27.4 Å². The van der Waals surface area contributed by atoms with Crippen LogP contribution in [0.1, 0.15) is 34.1 Å². The molecular formula is C11H24N2O. The van der Waals surface area contributed by atoms with E-state index in [4.69, 9.17) is 0 Å². The third kappa shape index (κ3) is 13.7. The second kappa shape index (κ2) is 12.2. The highest BCUT2D eigenvalue weighted by Crippen LogP contribution is 1.84. The maximum absolute atomic E-state index is 10.7. The van der Waals surface area contributed by atoms with Crippen LogP contribution in [0.3, 0.4) is 0 Å². The number of hydrogen-bond acceptors (Lipinski definition) is 2. The van der Waals surface area contributed by atoms with Crippen molar-refractivity contribution in [3.63, 3.8) is 0 Å². The van der Waals surface area contributed by atoms with Gasteiger partial charge >= 0.3 is 0 Å². The summed E-state index contributed by atoms with van der Waals surface area (Å²) >= 11 is 0. The Morgan fingerprint density at radius 2 is 1.71 bits per heavy atom. The summed E-state index contributed by atoms with van der Waals surface area (Å²) in [5.41, 5.74) is 0.573. The normalized spacial score (nSPS) is 8.57. The van der Waals surface area contributed by atoms with Crippen LogP contribution in [0.4, 0.5) is 0 Å². The zero-order chi connectivity index (χ0) is 11.4. The van der Waals surface area contributed by atoms with Gasteiger partial charge in [-0.3, -0.25) is 4.79 Å². The highest BCUT2D eigenvalue weighted by atomic mass is 16.1. The van der Waals surface area contributed by atoms with Gasteiger partial charge in [0.15, 0.2) is 0 Å². The van der Waals surface area contributed by atoms with Crippen LogP contribution in [0, 0.1) is 0 Å². The van der Waals surface area contributed by atoms with E-state index in [0.29, 0.717) is 5.57 Å². The first-order valence-corrected chi connectivity index (χ1v) is 5.24. The van der Waals surface area contributed by atoms with E-state index < -0.39 is 0 Å². The summed E-state index contributed by atoms with van der Waals surface area (Å²) in [4.78, 5) is 10.7. The Morgan fingerprint density at radius 1 is 1.21 bits per heavy atom. The van der Waals surface area contributed by atoms with Crippen LogP contribution < -0.4 is 10.6 Å². The molecule has 0 atom stereocenters. The Morgan fingerprint density at radius 3 is 1.93 bits per heavy atom. The number of hydrogen-bond donors (Lipinski definition) is 2. The number of rotatable bonds is 5. The van der Waals surface area contributed by atoms with Gasteiger partial charge in [0.1, 0.15) is 0 Å². The van der Waals surface area contributed by atoms with Crippen molar-refractivity contribution >= 4 is 5.91 Å². The second-order valence-electron chi connectivity index (χ2n) is 2.99. The molecule has 0 fully saturated rings. The van der Waals surface area contributed by atoms with Crippen LogP contribution in [0.15, 0.2) is 12.2 Å². The van der Waals surface area contributed by atoms with Gasteiger partial charge in [0, 0.05) is 12.1 Å². The van der Waals surface area contributed by atoms with E-state index in [9.17, 15) is 4.79 Å². The summed E-state index contributed by atoms with van der Waals surface area (Å²) in [5.74, 6) is -0.0446. The monoisotopic (exact) mass is 200 g/mol. The van der Waals surface area contributed by atoms with E-state index in [1.807, 2.05) is 6.92 Å². The smallest absolute Gasteiger partial charge is 0.246 e. The van der Waals surface area contributed by atoms with Crippen LogP contribution in [0.2, 0.25) is 0 Å². The van der Waals surface area contributed by atoms with E-state index >= 15 is 0 Å². The van der Waals surface area contributed by atoms with E-state index in [1.165, 1.54) is 0 Å². The lowest BCUT2D eigenvalue weighted by atomic mass is 10.3. The summed E-state index contributed by atoms with van der Waals surface area (Å²) in [7, 11) is 0. The zero-order valence-electron chi connectivity index (χ0n) is 9.94. The minimum Gasteiger partial charge on any atom is -0.352 e. The molecule has 0 bridgehead atoms. The number of nitrogens with one attached hydrogen (secondary N) is 2. The summed E-state index contributed by atoms with van der Waals surface area (Å²) < 4.78 is 0. The molecule has 3 heteroatoms. The molecular weight excluding hydrogens is 176 g/mol. The fourth-order valence-electron chi connectivity index (χ4n) is 0.639. The summed E-state index contributed by atoms with van der Waals surface area (Å²) in [6, 6.07) is 0. The summed E-state index contributed by atoms with van der Waals surface area (Å²) in [5, 5.41) is 5.80. The highest BCUT2D eigenvalue weighted by molar-refractivity contribution is 5.91. The number of carbonyl (C=O) groups excluding carboxylic acids is 1. The summed E-state index contributed by atoms with van der Waals surface area (Å²) in [6.45, 7) is 14.3. The van der Waals surface area contributed by atoms with Gasteiger partial charge in [-0.25, -0.2) is 0 Å². The van der Waals surface area contributed by atoms with E-state index in [0.717, 1.165) is 26.1 Å². The first-order chi connectivity index (χ1) is 6.59. The Hall–Kier alpha value is -0.830. The first kappa shape index (κ1) is 15.6. The predicted molar refractivity (Wildman–Crippen MR) is 62.3 cm³/mol. The van der Waals surface area contributed by atoms with Gasteiger partial charge in [-0.15, -0.1) is 0 Å². The minimum atomic E-state index is -0.0446. The van der Waals surface area contributed by atoms with E-state index in [-0.39, 0.29) is 5.91 Å².